The monoisotopic (exact) mass is 547 g/mol. The number of rotatable bonds is 8. The van der Waals surface area contributed by atoms with E-state index in [1.54, 1.807) is 25.6 Å². The van der Waals surface area contributed by atoms with E-state index in [1.165, 1.54) is 7.11 Å². The van der Waals surface area contributed by atoms with Gasteiger partial charge < -0.3 is 40.0 Å². The molecule has 0 aliphatic carbocycles. The van der Waals surface area contributed by atoms with E-state index in [2.05, 4.69) is 42.8 Å². The van der Waals surface area contributed by atoms with E-state index in [4.69, 9.17) is 14.2 Å². The molecule has 2 atom stereocenters. The second-order valence-corrected chi connectivity index (χ2v) is 10.2. The van der Waals surface area contributed by atoms with Crippen LogP contribution in [0.5, 0.6) is 11.8 Å². The molecule has 0 radical (unpaired) electrons. The Morgan fingerprint density at radius 1 is 1.15 bits per heavy atom. The van der Waals surface area contributed by atoms with Crippen LogP contribution in [0.2, 0.25) is 0 Å². The van der Waals surface area contributed by atoms with Gasteiger partial charge in [-0.25, -0.2) is 9.97 Å². The normalized spacial score (nSPS) is 18.8. The molecule has 0 spiro atoms. The van der Waals surface area contributed by atoms with Crippen molar-refractivity contribution < 1.29 is 19.0 Å². The number of benzene rings is 1. The summed E-state index contributed by atoms with van der Waals surface area (Å²) in [6, 6.07) is 9.90. The van der Waals surface area contributed by atoms with Crippen LogP contribution in [0.25, 0.3) is 0 Å². The standard InChI is InChI=1S/C29H37N7O4/c1-18-14-31-26-19(2)24(15-32-29(26)40-18)34-23-10-11-30-28(39-5)25(23)27(37)33-20-6-8-21(9-7-20)36-13-12-35(3)16-22(36)17-38-4/h6-11,15,18,22,31H,12-14,16-17H2,1-5H3,(H,30,34)(H,33,37). The number of likely N-dealkylation sites (N-methyl/N-ethyl adjacent to an activating group) is 1. The summed E-state index contributed by atoms with van der Waals surface area (Å²) in [4.78, 5) is 27.0. The van der Waals surface area contributed by atoms with Gasteiger partial charge in [0.05, 0.1) is 43.9 Å². The van der Waals surface area contributed by atoms with Crippen molar-refractivity contribution in [1.29, 1.82) is 0 Å². The van der Waals surface area contributed by atoms with Crippen LogP contribution in [0, 0.1) is 6.92 Å². The van der Waals surface area contributed by atoms with E-state index in [1.807, 2.05) is 38.1 Å². The molecule has 212 valence electrons. The first-order valence-corrected chi connectivity index (χ1v) is 13.4. The van der Waals surface area contributed by atoms with Crippen molar-refractivity contribution in [3.63, 3.8) is 0 Å². The van der Waals surface area contributed by atoms with Gasteiger partial charge >= 0.3 is 0 Å². The third-order valence-corrected chi connectivity index (χ3v) is 7.29. The van der Waals surface area contributed by atoms with Crippen molar-refractivity contribution >= 4 is 34.3 Å². The summed E-state index contributed by atoms with van der Waals surface area (Å²) < 4.78 is 16.8. The fourth-order valence-electron chi connectivity index (χ4n) is 5.16. The number of pyridine rings is 2. The molecule has 1 amide bonds. The minimum atomic E-state index is -0.337. The summed E-state index contributed by atoms with van der Waals surface area (Å²) in [7, 11) is 5.36. The van der Waals surface area contributed by atoms with Crippen LogP contribution in [0.4, 0.5) is 28.4 Å². The van der Waals surface area contributed by atoms with Gasteiger partial charge in [0.1, 0.15) is 17.4 Å². The van der Waals surface area contributed by atoms with Crippen molar-refractivity contribution in [3.05, 3.63) is 53.9 Å². The number of nitrogens with one attached hydrogen (secondary N) is 3. The molecule has 40 heavy (non-hydrogen) atoms. The molecular weight excluding hydrogens is 510 g/mol. The van der Waals surface area contributed by atoms with Gasteiger partial charge in [-0.15, -0.1) is 0 Å². The van der Waals surface area contributed by atoms with E-state index in [9.17, 15) is 4.79 Å². The van der Waals surface area contributed by atoms with E-state index in [0.29, 0.717) is 36.0 Å². The lowest BCUT2D eigenvalue weighted by molar-refractivity contribution is 0.102. The first-order chi connectivity index (χ1) is 19.4. The SMILES string of the molecule is COCC1CN(C)CCN1c1ccc(NC(=O)c2c(Nc3cnc4c(c3C)NCC(C)O4)ccnc2OC)cc1. The van der Waals surface area contributed by atoms with Crippen molar-refractivity contribution in [3.8, 4) is 11.8 Å². The number of amides is 1. The van der Waals surface area contributed by atoms with E-state index >= 15 is 0 Å². The molecule has 2 aromatic heterocycles. The molecule has 2 aliphatic rings. The Morgan fingerprint density at radius 2 is 1.95 bits per heavy atom. The third kappa shape index (κ3) is 5.75. The molecule has 11 heteroatoms. The van der Waals surface area contributed by atoms with Gasteiger partial charge in [-0.3, -0.25) is 4.79 Å². The molecule has 2 aliphatic heterocycles. The van der Waals surface area contributed by atoms with Crippen molar-refractivity contribution in [1.82, 2.24) is 14.9 Å². The highest BCUT2D eigenvalue weighted by atomic mass is 16.5. The molecule has 4 heterocycles. The lowest BCUT2D eigenvalue weighted by atomic mass is 10.1. The zero-order chi connectivity index (χ0) is 28.2. The van der Waals surface area contributed by atoms with E-state index < -0.39 is 0 Å². The maximum atomic E-state index is 13.6. The summed E-state index contributed by atoms with van der Waals surface area (Å²) >= 11 is 0. The van der Waals surface area contributed by atoms with Gasteiger partial charge in [0, 0.05) is 49.9 Å². The maximum absolute atomic E-state index is 13.6. The number of carbonyl (C=O) groups is 1. The van der Waals surface area contributed by atoms with Gasteiger partial charge in [-0.1, -0.05) is 0 Å². The molecule has 11 nitrogen and oxygen atoms in total. The summed E-state index contributed by atoms with van der Waals surface area (Å²) in [5.74, 6) is 0.453. The molecule has 2 unspecified atom stereocenters. The van der Waals surface area contributed by atoms with Crippen LogP contribution >= 0.6 is 0 Å². The molecule has 0 bridgehead atoms. The number of hydrogen-bond donors (Lipinski definition) is 3. The van der Waals surface area contributed by atoms with Crippen LogP contribution < -0.4 is 30.3 Å². The van der Waals surface area contributed by atoms with E-state index in [-0.39, 0.29) is 23.9 Å². The fraction of sp³-hybridized carbons (Fsp3) is 0.414. The van der Waals surface area contributed by atoms with Gasteiger partial charge in [0.15, 0.2) is 0 Å². The predicted molar refractivity (Wildman–Crippen MR) is 157 cm³/mol. The highest BCUT2D eigenvalue weighted by Crippen LogP contribution is 2.36. The number of carbonyl (C=O) groups excluding carboxylic acids is 1. The average molecular weight is 548 g/mol. The molecule has 1 saturated heterocycles. The van der Waals surface area contributed by atoms with Crippen molar-refractivity contribution in [2.45, 2.75) is 26.0 Å². The van der Waals surface area contributed by atoms with Gasteiger partial charge in [-0.05, 0) is 51.2 Å². The van der Waals surface area contributed by atoms with Crippen molar-refractivity contribution in [2.24, 2.45) is 0 Å². The summed E-state index contributed by atoms with van der Waals surface area (Å²) in [5, 5.41) is 9.74. The van der Waals surface area contributed by atoms with Crippen LogP contribution in [0.15, 0.2) is 42.7 Å². The van der Waals surface area contributed by atoms with Gasteiger partial charge in [-0.2, -0.15) is 0 Å². The molecule has 1 aromatic carbocycles. The fourth-order valence-corrected chi connectivity index (χ4v) is 5.16. The summed E-state index contributed by atoms with van der Waals surface area (Å²) in [6.45, 7) is 8.14. The number of anilines is 5. The highest BCUT2D eigenvalue weighted by Gasteiger charge is 2.26. The second kappa shape index (κ2) is 12.0. The number of hydrogen-bond acceptors (Lipinski definition) is 10. The Balaban J connectivity index is 1.36. The van der Waals surface area contributed by atoms with Crippen LogP contribution in [-0.4, -0.2) is 87.0 Å². The topological polar surface area (TPSA) is 113 Å². The Bertz CT molecular complexity index is 1350. The summed E-state index contributed by atoms with van der Waals surface area (Å²) in [5.41, 5.74) is 5.13. The smallest absolute Gasteiger partial charge is 0.263 e. The number of methoxy groups -OCH3 is 2. The number of ether oxygens (including phenoxy) is 3. The average Bonchev–Trinajstić information content (AvgIpc) is 2.95. The maximum Gasteiger partial charge on any atom is 0.263 e. The molecule has 0 saturated carbocycles. The van der Waals surface area contributed by atoms with Gasteiger partial charge in [0.25, 0.3) is 5.91 Å². The largest absolute Gasteiger partial charge is 0.480 e. The third-order valence-electron chi connectivity index (χ3n) is 7.29. The molecule has 5 rings (SSSR count). The Hall–Kier alpha value is -4.09. The molecule has 3 aromatic rings. The first kappa shape index (κ1) is 27.5. The Labute approximate surface area is 234 Å². The Morgan fingerprint density at radius 3 is 2.70 bits per heavy atom. The quantitative estimate of drug-likeness (QED) is 0.385. The second-order valence-electron chi connectivity index (χ2n) is 10.2. The number of aromatic nitrogens is 2. The minimum Gasteiger partial charge on any atom is -0.480 e. The minimum absolute atomic E-state index is 0.0420. The number of nitrogens with zero attached hydrogens (tertiary/aromatic N) is 4. The summed E-state index contributed by atoms with van der Waals surface area (Å²) in [6.07, 6.45) is 3.35. The molecule has 1 fully saturated rings. The lowest BCUT2D eigenvalue weighted by Crippen LogP contribution is -2.53. The van der Waals surface area contributed by atoms with E-state index in [0.717, 1.165) is 42.3 Å². The first-order valence-electron chi connectivity index (χ1n) is 13.4. The zero-order valence-corrected chi connectivity index (χ0v) is 23.7. The molecular formula is C29H37N7O4. The van der Waals surface area contributed by atoms with Crippen LogP contribution in [0.3, 0.4) is 0 Å². The van der Waals surface area contributed by atoms with Crippen LogP contribution in [-0.2, 0) is 4.74 Å². The lowest BCUT2D eigenvalue weighted by Gasteiger charge is -2.41. The zero-order valence-electron chi connectivity index (χ0n) is 23.7. The Kier molecular flexibility index (Phi) is 8.22. The van der Waals surface area contributed by atoms with Crippen molar-refractivity contribution in [2.75, 3.05) is 74.9 Å². The van der Waals surface area contributed by atoms with Gasteiger partial charge in [0.2, 0.25) is 11.8 Å². The number of piperazine rings is 1. The molecule has 3 N–H and O–H groups in total. The number of fused-ring (bicyclic) bond motifs is 1. The van der Waals surface area contributed by atoms with Crippen LogP contribution in [0.1, 0.15) is 22.8 Å². The highest BCUT2D eigenvalue weighted by molar-refractivity contribution is 6.10. The predicted octanol–water partition coefficient (Wildman–Crippen LogP) is 3.75.